The molecule has 2 amide bonds. The van der Waals surface area contributed by atoms with E-state index in [1.165, 1.54) is 27.7 Å². The summed E-state index contributed by atoms with van der Waals surface area (Å²) in [6, 6.07) is 7.74. The number of hydrogen-bond acceptors (Lipinski definition) is 5. The molecule has 9 nitrogen and oxygen atoms in total. The molecule has 0 atom stereocenters. The SMILES string of the molecule is CC(C)N(Cc1ccn2ncc(C(=N)NO)c2c1)C(=O)Nc1ccc(OC(F)(F)F)cc1. The van der Waals surface area contributed by atoms with E-state index in [0.29, 0.717) is 16.8 Å². The van der Waals surface area contributed by atoms with E-state index in [4.69, 9.17) is 10.6 Å². The molecule has 12 heteroatoms. The average molecular weight is 450 g/mol. The largest absolute Gasteiger partial charge is 0.573 e. The van der Waals surface area contributed by atoms with Gasteiger partial charge in [0.2, 0.25) is 0 Å². The van der Waals surface area contributed by atoms with Gasteiger partial charge in [-0.1, -0.05) is 0 Å². The number of hydroxylamine groups is 1. The molecule has 0 saturated heterocycles. The van der Waals surface area contributed by atoms with Crippen molar-refractivity contribution in [1.82, 2.24) is 20.0 Å². The number of hydrogen-bond donors (Lipinski definition) is 4. The number of benzene rings is 1. The van der Waals surface area contributed by atoms with E-state index in [-0.39, 0.29) is 24.2 Å². The molecule has 0 bridgehead atoms. The number of ether oxygens (including phenoxy) is 1. The molecule has 0 aliphatic rings. The van der Waals surface area contributed by atoms with Crippen LogP contribution in [0, 0.1) is 5.41 Å². The number of nitrogens with zero attached hydrogens (tertiary/aromatic N) is 3. The fourth-order valence-corrected chi connectivity index (χ4v) is 3.00. The van der Waals surface area contributed by atoms with Crippen molar-refractivity contribution in [3.05, 3.63) is 59.9 Å². The summed E-state index contributed by atoms with van der Waals surface area (Å²) in [5.41, 5.74) is 3.80. The van der Waals surface area contributed by atoms with Crippen LogP contribution in [0.25, 0.3) is 5.52 Å². The summed E-state index contributed by atoms with van der Waals surface area (Å²) in [4.78, 5) is 14.4. The van der Waals surface area contributed by atoms with Crippen LogP contribution in [0.15, 0.2) is 48.8 Å². The molecule has 4 N–H and O–H groups in total. The Bertz CT molecular complexity index is 1110. The second-order valence-corrected chi connectivity index (χ2v) is 7.13. The summed E-state index contributed by atoms with van der Waals surface area (Å²) in [6.45, 7) is 3.88. The number of pyridine rings is 1. The van der Waals surface area contributed by atoms with Crippen molar-refractivity contribution in [1.29, 1.82) is 5.41 Å². The van der Waals surface area contributed by atoms with Gasteiger partial charge in [0, 0.05) is 24.5 Å². The van der Waals surface area contributed by atoms with Gasteiger partial charge >= 0.3 is 12.4 Å². The molecule has 32 heavy (non-hydrogen) atoms. The van der Waals surface area contributed by atoms with Crippen LogP contribution in [-0.4, -0.2) is 44.0 Å². The van der Waals surface area contributed by atoms with Gasteiger partial charge in [-0.3, -0.25) is 16.1 Å². The lowest BCUT2D eigenvalue weighted by molar-refractivity contribution is -0.274. The summed E-state index contributed by atoms with van der Waals surface area (Å²) in [5, 5.41) is 23.5. The highest BCUT2D eigenvalue weighted by Crippen LogP contribution is 2.24. The Balaban J connectivity index is 1.75. The maximum Gasteiger partial charge on any atom is 0.573 e. The van der Waals surface area contributed by atoms with E-state index in [9.17, 15) is 18.0 Å². The lowest BCUT2D eigenvalue weighted by Crippen LogP contribution is -2.39. The molecule has 2 aromatic heterocycles. The summed E-state index contributed by atoms with van der Waals surface area (Å²) < 4.78 is 42.2. The highest BCUT2D eigenvalue weighted by molar-refractivity contribution is 6.01. The van der Waals surface area contributed by atoms with Gasteiger partial charge in [-0.2, -0.15) is 5.10 Å². The zero-order valence-electron chi connectivity index (χ0n) is 17.1. The third-order valence-corrected chi connectivity index (χ3v) is 4.54. The molecule has 0 aliphatic carbocycles. The van der Waals surface area contributed by atoms with Crippen LogP contribution >= 0.6 is 0 Å². The first-order valence-corrected chi connectivity index (χ1v) is 9.46. The number of fused-ring (bicyclic) bond motifs is 1. The zero-order valence-corrected chi connectivity index (χ0v) is 17.1. The Morgan fingerprint density at radius 1 is 1.28 bits per heavy atom. The van der Waals surface area contributed by atoms with Crippen molar-refractivity contribution >= 4 is 23.1 Å². The molecule has 1 aromatic carbocycles. The summed E-state index contributed by atoms with van der Waals surface area (Å²) >= 11 is 0. The minimum atomic E-state index is -4.79. The van der Waals surface area contributed by atoms with Gasteiger partial charge in [0.25, 0.3) is 0 Å². The van der Waals surface area contributed by atoms with Gasteiger partial charge in [-0.05, 0) is 55.8 Å². The van der Waals surface area contributed by atoms with Gasteiger partial charge in [0.15, 0.2) is 5.84 Å². The maximum absolute atomic E-state index is 12.8. The van der Waals surface area contributed by atoms with Gasteiger partial charge in [-0.25, -0.2) is 9.31 Å². The van der Waals surface area contributed by atoms with Gasteiger partial charge in [0.05, 0.1) is 17.3 Å². The van der Waals surface area contributed by atoms with Crippen molar-refractivity contribution in [2.75, 3.05) is 5.32 Å². The number of aromatic nitrogens is 2. The molecular weight excluding hydrogens is 429 g/mol. The van der Waals surface area contributed by atoms with Crippen LogP contribution in [0.2, 0.25) is 0 Å². The molecule has 0 fully saturated rings. The minimum Gasteiger partial charge on any atom is -0.406 e. The molecule has 0 spiro atoms. The number of anilines is 1. The van der Waals surface area contributed by atoms with Crippen LogP contribution in [-0.2, 0) is 6.54 Å². The zero-order chi connectivity index (χ0) is 23.5. The van der Waals surface area contributed by atoms with Crippen LogP contribution in [0.5, 0.6) is 5.75 Å². The molecule has 0 aliphatic heterocycles. The Labute approximate surface area is 180 Å². The Morgan fingerprint density at radius 3 is 2.56 bits per heavy atom. The van der Waals surface area contributed by atoms with E-state index in [0.717, 1.165) is 17.7 Å². The van der Waals surface area contributed by atoms with E-state index in [1.54, 1.807) is 23.8 Å². The average Bonchev–Trinajstić information content (AvgIpc) is 3.14. The summed E-state index contributed by atoms with van der Waals surface area (Å²) in [5.74, 6) is -0.599. The van der Waals surface area contributed by atoms with Gasteiger partial charge < -0.3 is 15.0 Å². The fourth-order valence-electron chi connectivity index (χ4n) is 3.00. The summed E-state index contributed by atoms with van der Waals surface area (Å²) in [6.07, 6.45) is -1.68. The third-order valence-electron chi connectivity index (χ3n) is 4.54. The molecule has 0 radical (unpaired) electrons. The second kappa shape index (κ2) is 9.14. The predicted molar refractivity (Wildman–Crippen MR) is 110 cm³/mol. The maximum atomic E-state index is 12.8. The van der Waals surface area contributed by atoms with Crippen LogP contribution < -0.4 is 15.5 Å². The standard InChI is InChI=1S/C20H21F3N6O3/c1-12(2)28(19(30)26-14-3-5-15(6-4-14)32-20(21,22)23)11-13-7-8-29-17(9-13)16(10-25-29)18(24)27-31/h3-10,12,31H,11H2,1-2H3,(H2,24,27)(H,26,30). The first-order valence-electron chi connectivity index (χ1n) is 9.46. The monoisotopic (exact) mass is 450 g/mol. The third kappa shape index (κ3) is 5.46. The van der Waals surface area contributed by atoms with E-state index in [1.807, 2.05) is 13.8 Å². The molecular formula is C20H21F3N6O3. The number of rotatable bonds is 6. The number of halogens is 3. The van der Waals surface area contributed by atoms with Crippen molar-refractivity contribution < 1.29 is 27.9 Å². The number of amidine groups is 1. The van der Waals surface area contributed by atoms with E-state index >= 15 is 0 Å². The van der Waals surface area contributed by atoms with Gasteiger partial charge in [-0.15, -0.1) is 13.2 Å². The van der Waals surface area contributed by atoms with Crippen molar-refractivity contribution in [2.24, 2.45) is 0 Å². The number of urea groups is 1. The Kier molecular flexibility index (Phi) is 6.53. The second-order valence-electron chi connectivity index (χ2n) is 7.13. The first kappa shape index (κ1) is 22.9. The van der Waals surface area contributed by atoms with Crippen molar-refractivity contribution in [3.8, 4) is 5.75 Å². The van der Waals surface area contributed by atoms with Crippen LogP contribution in [0.4, 0.5) is 23.7 Å². The van der Waals surface area contributed by atoms with Crippen molar-refractivity contribution in [3.63, 3.8) is 0 Å². The number of nitrogens with one attached hydrogen (secondary N) is 3. The first-order chi connectivity index (χ1) is 15.1. The number of amides is 2. The minimum absolute atomic E-state index is 0.194. The normalized spacial score (nSPS) is 11.5. The summed E-state index contributed by atoms with van der Waals surface area (Å²) in [7, 11) is 0. The number of carbonyl (C=O) groups is 1. The lowest BCUT2D eigenvalue weighted by Gasteiger charge is -2.27. The molecule has 0 unspecified atom stereocenters. The highest BCUT2D eigenvalue weighted by atomic mass is 19.4. The quantitative estimate of drug-likeness (QED) is 0.258. The Hall–Kier alpha value is -3.80. The van der Waals surface area contributed by atoms with Crippen LogP contribution in [0.3, 0.4) is 0 Å². The fraction of sp³-hybridized carbons (Fsp3) is 0.250. The molecule has 170 valence electrons. The molecule has 3 aromatic rings. The predicted octanol–water partition coefficient (Wildman–Crippen LogP) is 3.98. The molecule has 3 rings (SSSR count). The smallest absolute Gasteiger partial charge is 0.406 e. The molecule has 2 heterocycles. The number of carbonyl (C=O) groups excluding carboxylic acids is 1. The Morgan fingerprint density at radius 2 is 1.97 bits per heavy atom. The van der Waals surface area contributed by atoms with Crippen LogP contribution in [0.1, 0.15) is 25.0 Å². The van der Waals surface area contributed by atoms with Gasteiger partial charge in [0.1, 0.15) is 5.75 Å². The van der Waals surface area contributed by atoms with Crippen molar-refractivity contribution in [2.45, 2.75) is 32.8 Å². The topological polar surface area (TPSA) is 115 Å². The van der Waals surface area contributed by atoms with E-state index in [2.05, 4.69) is 15.2 Å². The highest BCUT2D eigenvalue weighted by Gasteiger charge is 2.31. The number of alkyl halides is 3. The van der Waals surface area contributed by atoms with E-state index < -0.39 is 12.4 Å². The molecule has 0 saturated carbocycles. The lowest BCUT2D eigenvalue weighted by atomic mass is 10.1.